The molecular weight excluding hydrogens is 266 g/mol. The second-order valence-electron chi connectivity index (χ2n) is 4.76. The second-order valence-corrected chi connectivity index (χ2v) is 4.76. The fourth-order valence-electron chi connectivity index (χ4n) is 2.18. The molecule has 0 radical (unpaired) electrons. The van der Waals surface area contributed by atoms with Crippen molar-refractivity contribution in [2.24, 2.45) is 5.73 Å². The Morgan fingerprint density at radius 1 is 1.29 bits per heavy atom. The Bertz CT molecular complexity index is 629. The fraction of sp³-hybridized carbons (Fsp3) is 0.267. The highest BCUT2D eigenvalue weighted by molar-refractivity contribution is 5.95. The fourth-order valence-corrected chi connectivity index (χ4v) is 2.18. The van der Waals surface area contributed by atoms with Gasteiger partial charge in [-0.2, -0.15) is 0 Å². The zero-order valence-electron chi connectivity index (χ0n) is 12.0. The highest BCUT2D eigenvalue weighted by Crippen LogP contribution is 2.19. The summed E-state index contributed by atoms with van der Waals surface area (Å²) in [6, 6.07) is 7.63. The third kappa shape index (κ3) is 3.68. The lowest BCUT2D eigenvalue weighted by Crippen LogP contribution is -2.28. The first-order valence-corrected chi connectivity index (χ1v) is 6.82. The van der Waals surface area contributed by atoms with Crippen LogP contribution >= 0.6 is 0 Å². The SMILES string of the molecule is CCCN(Cc1cccc(N)c1)c1nccnc1C(N)=O. The number of primary amides is 1. The van der Waals surface area contributed by atoms with E-state index in [2.05, 4.69) is 16.9 Å². The molecule has 1 aromatic heterocycles. The molecule has 0 aliphatic rings. The van der Waals surface area contributed by atoms with Gasteiger partial charge in [-0.15, -0.1) is 0 Å². The number of amides is 1. The molecule has 0 saturated heterocycles. The van der Waals surface area contributed by atoms with Gasteiger partial charge in [0.1, 0.15) is 0 Å². The molecule has 0 saturated carbocycles. The van der Waals surface area contributed by atoms with Crippen LogP contribution in [-0.2, 0) is 6.54 Å². The minimum absolute atomic E-state index is 0.190. The lowest BCUT2D eigenvalue weighted by Gasteiger charge is -2.24. The number of carbonyl (C=O) groups is 1. The number of hydrogen-bond acceptors (Lipinski definition) is 5. The molecule has 0 atom stereocenters. The van der Waals surface area contributed by atoms with Crippen LogP contribution in [-0.4, -0.2) is 22.4 Å². The highest BCUT2D eigenvalue weighted by atomic mass is 16.1. The van der Waals surface area contributed by atoms with Crippen molar-refractivity contribution in [1.82, 2.24) is 9.97 Å². The molecule has 0 bridgehead atoms. The smallest absolute Gasteiger partial charge is 0.271 e. The summed E-state index contributed by atoms with van der Waals surface area (Å²) < 4.78 is 0. The van der Waals surface area contributed by atoms with E-state index >= 15 is 0 Å². The zero-order valence-corrected chi connectivity index (χ0v) is 12.0. The molecule has 0 unspecified atom stereocenters. The first-order chi connectivity index (χ1) is 10.1. The van der Waals surface area contributed by atoms with Crippen LogP contribution in [0.5, 0.6) is 0 Å². The lowest BCUT2D eigenvalue weighted by molar-refractivity contribution is 0.0995. The normalized spacial score (nSPS) is 10.3. The van der Waals surface area contributed by atoms with Crippen LogP contribution in [0.15, 0.2) is 36.7 Å². The number of rotatable bonds is 6. The first-order valence-electron chi connectivity index (χ1n) is 6.82. The molecule has 1 heterocycles. The third-order valence-corrected chi connectivity index (χ3v) is 3.03. The lowest BCUT2D eigenvalue weighted by atomic mass is 10.2. The van der Waals surface area contributed by atoms with Gasteiger partial charge in [0.15, 0.2) is 11.5 Å². The summed E-state index contributed by atoms with van der Waals surface area (Å²) >= 11 is 0. The summed E-state index contributed by atoms with van der Waals surface area (Å²) in [4.78, 5) is 21.8. The summed E-state index contributed by atoms with van der Waals surface area (Å²) in [5.41, 5.74) is 13.1. The van der Waals surface area contributed by atoms with Crippen LogP contribution in [0.1, 0.15) is 29.4 Å². The van der Waals surface area contributed by atoms with E-state index in [-0.39, 0.29) is 5.69 Å². The van der Waals surface area contributed by atoms with Crippen molar-refractivity contribution in [3.05, 3.63) is 47.9 Å². The average Bonchev–Trinajstić information content (AvgIpc) is 2.47. The van der Waals surface area contributed by atoms with Crippen molar-refractivity contribution in [3.8, 4) is 0 Å². The third-order valence-electron chi connectivity index (χ3n) is 3.03. The summed E-state index contributed by atoms with van der Waals surface area (Å²) in [5, 5.41) is 0. The van der Waals surface area contributed by atoms with Gasteiger partial charge in [-0.3, -0.25) is 4.79 Å². The van der Waals surface area contributed by atoms with Crippen molar-refractivity contribution < 1.29 is 4.79 Å². The Kier molecular flexibility index (Phi) is 4.71. The Morgan fingerprint density at radius 3 is 2.71 bits per heavy atom. The van der Waals surface area contributed by atoms with Gasteiger partial charge in [0.05, 0.1) is 0 Å². The molecule has 0 aliphatic carbocycles. The minimum atomic E-state index is -0.577. The summed E-state index contributed by atoms with van der Waals surface area (Å²) in [6.07, 6.45) is 3.94. The highest BCUT2D eigenvalue weighted by Gasteiger charge is 2.17. The molecule has 2 aromatic rings. The largest absolute Gasteiger partial charge is 0.399 e. The molecule has 0 fully saturated rings. The van der Waals surface area contributed by atoms with E-state index in [1.807, 2.05) is 29.2 Å². The second kappa shape index (κ2) is 6.69. The Labute approximate surface area is 123 Å². The average molecular weight is 285 g/mol. The van der Waals surface area contributed by atoms with Gasteiger partial charge in [0, 0.05) is 31.2 Å². The summed E-state index contributed by atoms with van der Waals surface area (Å²) in [7, 11) is 0. The minimum Gasteiger partial charge on any atom is -0.399 e. The number of nitrogen functional groups attached to an aromatic ring is 1. The summed E-state index contributed by atoms with van der Waals surface area (Å²) in [5.74, 6) is -0.0685. The van der Waals surface area contributed by atoms with Gasteiger partial charge < -0.3 is 16.4 Å². The Balaban J connectivity index is 2.33. The van der Waals surface area contributed by atoms with E-state index in [0.29, 0.717) is 18.1 Å². The molecule has 0 aliphatic heterocycles. The Morgan fingerprint density at radius 2 is 2.05 bits per heavy atom. The quantitative estimate of drug-likeness (QED) is 0.785. The van der Waals surface area contributed by atoms with Crippen molar-refractivity contribution >= 4 is 17.4 Å². The molecule has 1 aromatic carbocycles. The van der Waals surface area contributed by atoms with Crippen LogP contribution < -0.4 is 16.4 Å². The van der Waals surface area contributed by atoms with Crippen molar-refractivity contribution in [3.63, 3.8) is 0 Å². The van der Waals surface area contributed by atoms with Crippen molar-refractivity contribution in [2.45, 2.75) is 19.9 Å². The van der Waals surface area contributed by atoms with E-state index in [1.165, 1.54) is 6.20 Å². The van der Waals surface area contributed by atoms with E-state index < -0.39 is 5.91 Å². The zero-order chi connectivity index (χ0) is 15.2. The molecule has 2 rings (SSSR count). The molecule has 4 N–H and O–H groups in total. The number of hydrogen-bond donors (Lipinski definition) is 2. The van der Waals surface area contributed by atoms with E-state index in [9.17, 15) is 4.79 Å². The van der Waals surface area contributed by atoms with Gasteiger partial charge in [-0.25, -0.2) is 9.97 Å². The van der Waals surface area contributed by atoms with Crippen LogP contribution in [0.3, 0.4) is 0 Å². The number of nitrogens with zero attached hydrogens (tertiary/aromatic N) is 3. The van der Waals surface area contributed by atoms with Gasteiger partial charge in [0.2, 0.25) is 0 Å². The molecule has 1 amide bonds. The van der Waals surface area contributed by atoms with Gasteiger partial charge in [-0.05, 0) is 24.1 Å². The molecule has 21 heavy (non-hydrogen) atoms. The first kappa shape index (κ1) is 14.8. The maximum absolute atomic E-state index is 11.5. The van der Waals surface area contributed by atoms with E-state index in [0.717, 1.165) is 18.5 Å². The predicted molar refractivity (Wildman–Crippen MR) is 82.7 cm³/mol. The standard InChI is InChI=1S/C15H19N5O/c1-2-8-20(10-11-4-3-5-12(16)9-11)15-13(14(17)21)18-6-7-19-15/h3-7,9H,2,8,10,16H2,1H3,(H2,17,21). The van der Waals surface area contributed by atoms with Crippen LogP contribution in [0.4, 0.5) is 11.5 Å². The number of anilines is 2. The van der Waals surface area contributed by atoms with Crippen LogP contribution in [0.25, 0.3) is 0 Å². The van der Waals surface area contributed by atoms with Crippen LogP contribution in [0, 0.1) is 0 Å². The van der Waals surface area contributed by atoms with Crippen molar-refractivity contribution in [2.75, 3.05) is 17.2 Å². The van der Waals surface area contributed by atoms with E-state index in [1.54, 1.807) is 6.20 Å². The van der Waals surface area contributed by atoms with Gasteiger partial charge in [-0.1, -0.05) is 19.1 Å². The maximum atomic E-state index is 11.5. The topological polar surface area (TPSA) is 98.1 Å². The van der Waals surface area contributed by atoms with Gasteiger partial charge in [0.25, 0.3) is 5.91 Å². The molecule has 6 nitrogen and oxygen atoms in total. The monoisotopic (exact) mass is 285 g/mol. The van der Waals surface area contributed by atoms with Crippen molar-refractivity contribution in [1.29, 1.82) is 0 Å². The van der Waals surface area contributed by atoms with Crippen LogP contribution in [0.2, 0.25) is 0 Å². The maximum Gasteiger partial charge on any atom is 0.271 e. The molecule has 6 heteroatoms. The molecule has 110 valence electrons. The number of aromatic nitrogens is 2. The molecule has 0 spiro atoms. The van der Waals surface area contributed by atoms with E-state index in [4.69, 9.17) is 11.5 Å². The Hall–Kier alpha value is -2.63. The number of carbonyl (C=O) groups excluding carboxylic acids is 1. The number of nitrogens with two attached hydrogens (primary N) is 2. The van der Waals surface area contributed by atoms with Gasteiger partial charge >= 0.3 is 0 Å². The number of benzene rings is 1. The predicted octanol–water partition coefficient (Wildman–Crippen LogP) is 1.57. The molecular formula is C15H19N5O. The summed E-state index contributed by atoms with van der Waals surface area (Å²) in [6.45, 7) is 3.40.